The first-order valence-corrected chi connectivity index (χ1v) is 12.1. The highest BCUT2D eigenvalue weighted by molar-refractivity contribution is 5.94. The third-order valence-electron chi connectivity index (χ3n) is 6.44. The van der Waals surface area contributed by atoms with E-state index in [2.05, 4.69) is 74.6 Å². The van der Waals surface area contributed by atoms with Gasteiger partial charge in [0.15, 0.2) is 0 Å². The maximum Gasteiger partial charge on any atom is 0.251 e. The highest BCUT2D eigenvalue weighted by Gasteiger charge is 2.15. The van der Waals surface area contributed by atoms with E-state index in [0.29, 0.717) is 12.1 Å². The lowest BCUT2D eigenvalue weighted by Gasteiger charge is -2.18. The normalized spacial score (nSPS) is 11.1. The lowest BCUT2D eigenvalue weighted by molar-refractivity contribution is 0.0953. The molecule has 4 aromatic rings. The van der Waals surface area contributed by atoms with E-state index in [0.717, 1.165) is 30.6 Å². The van der Waals surface area contributed by atoms with Gasteiger partial charge in [0.05, 0.1) is 11.4 Å². The van der Waals surface area contributed by atoms with Crippen LogP contribution in [0.1, 0.15) is 64.1 Å². The van der Waals surface area contributed by atoms with Gasteiger partial charge in [-0.15, -0.1) is 0 Å². The van der Waals surface area contributed by atoms with Crippen molar-refractivity contribution in [3.63, 3.8) is 0 Å². The molecule has 0 aliphatic rings. The molecule has 0 radical (unpaired) electrons. The third-order valence-corrected chi connectivity index (χ3v) is 6.44. The van der Waals surface area contributed by atoms with Crippen LogP contribution >= 0.6 is 0 Å². The zero-order chi connectivity index (χ0) is 23.9. The van der Waals surface area contributed by atoms with Crippen LogP contribution in [0.5, 0.6) is 0 Å². The van der Waals surface area contributed by atoms with E-state index in [4.69, 9.17) is 5.10 Å². The Morgan fingerprint density at radius 2 is 1.47 bits per heavy atom. The molecule has 1 amide bonds. The van der Waals surface area contributed by atoms with Crippen molar-refractivity contribution in [2.75, 3.05) is 6.54 Å². The minimum atomic E-state index is -0.0496. The predicted molar refractivity (Wildman–Crippen MR) is 139 cm³/mol. The van der Waals surface area contributed by atoms with Gasteiger partial charge in [0, 0.05) is 23.7 Å². The second-order valence-electron chi connectivity index (χ2n) is 8.78. The summed E-state index contributed by atoms with van der Waals surface area (Å²) < 4.78 is 1.98. The average Bonchev–Trinajstić information content (AvgIpc) is 3.16. The summed E-state index contributed by atoms with van der Waals surface area (Å²) >= 11 is 0. The van der Waals surface area contributed by atoms with Crippen molar-refractivity contribution in [2.45, 2.75) is 46.0 Å². The highest BCUT2D eigenvalue weighted by atomic mass is 16.1. The first kappa shape index (κ1) is 23.5. The number of carbonyl (C=O) groups excluding carboxylic acids is 1. The number of rotatable bonds is 9. The Kier molecular flexibility index (Phi) is 7.58. The molecule has 0 aliphatic carbocycles. The number of hydrogen-bond acceptors (Lipinski definition) is 2. The van der Waals surface area contributed by atoms with Crippen molar-refractivity contribution in [1.82, 2.24) is 15.1 Å². The first-order chi connectivity index (χ1) is 16.6. The molecule has 3 aromatic carbocycles. The topological polar surface area (TPSA) is 46.9 Å². The SMILES string of the molecule is CCCc1c(C)nn(-c2ccc(C(=O)NCCC(c3ccccc3)c3ccccc3)cc2)c1C. The summed E-state index contributed by atoms with van der Waals surface area (Å²) in [6.45, 7) is 6.97. The zero-order valence-electron chi connectivity index (χ0n) is 20.3. The fourth-order valence-corrected chi connectivity index (χ4v) is 4.62. The van der Waals surface area contributed by atoms with Crippen molar-refractivity contribution in [2.24, 2.45) is 0 Å². The summed E-state index contributed by atoms with van der Waals surface area (Å²) in [5.41, 5.74) is 7.73. The largest absolute Gasteiger partial charge is 0.352 e. The number of nitrogens with zero attached hydrogens (tertiary/aromatic N) is 2. The van der Waals surface area contributed by atoms with Crippen LogP contribution in [-0.2, 0) is 6.42 Å². The van der Waals surface area contributed by atoms with Crippen molar-refractivity contribution < 1.29 is 4.79 Å². The molecule has 0 bridgehead atoms. The van der Waals surface area contributed by atoms with E-state index in [1.165, 1.54) is 22.4 Å². The minimum absolute atomic E-state index is 0.0496. The second kappa shape index (κ2) is 11.0. The number of aryl methyl sites for hydroxylation is 1. The maximum atomic E-state index is 12.8. The smallest absolute Gasteiger partial charge is 0.251 e. The van der Waals surface area contributed by atoms with Crippen LogP contribution in [0.25, 0.3) is 5.69 Å². The molecule has 0 saturated carbocycles. The Labute approximate surface area is 202 Å². The molecule has 0 spiro atoms. The van der Waals surface area contributed by atoms with Gasteiger partial charge in [0.25, 0.3) is 5.91 Å². The quantitative estimate of drug-likeness (QED) is 0.320. The highest BCUT2D eigenvalue weighted by Crippen LogP contribution is 2.27. The fraction of sp³-hybridized carbons (Fsp3) is 0.267. The zero-order valence-corrected chi connectivity index (χ0v) is 20.3. The molecule has 0 aliphatic heterocycles. The average molecular weight is 452 g/mol. The summed E-state index contributed by atoms with van der Waals surface area (Å²) in [4.78, 5) is 12.8. The molecule has 4 rings (SSSR count). The van der Waals surface area contributed by atoms with E-state index in [-0.39, 0.29) is 11.8 Å². The van der Waals surface area contributed by atoms with Gasteiger partial charge in [0.1, 0.15) is 0 Å². The van der Waals surface area contributed by atoms with E-state index in [9.17, 15) is 4.79 Å². The number of carbonyl (C=O) groups is 1. The van der Waals surface area contributed by atoms with Gasteiger partial charge in [-0.05, 0) is 67.6 Å². The second-order valence-corrected chi connectivity index (χ2v) is 8.78. The lowest BCUT2D eigenvalue weighted by atomic mass is 9.88. The van der Waals surface area contributed by atoms with Gasteiger partial charge in [-0.2, -0.15) is 5.10 Å². The number of amides is 1. The predicted octanol–water partition coefficient (Wildman–Crippen LogP) is 6.39. The molecular formula is C30H33N3O. The van der Waals surface area contributed by atoms with Gasteiger partial charge < -0.3 is 5.32 Å². The van der Waals surface area contributed by atoms with Crippen LogP contribution in [0.2, 0.25) is 0 Å². The number of aromatic nitrogens is 2. The van der Waals surface area contributed by atoms with Gasteiger partial charge in [0.2, 0.25) is 0 Å². The van der Waals surface area contributed by atoms with Gasteiger partial charge >= 0.3 is 0 Å². The van der Waals surface area contributed by atoms with Gasteiger partial charge in [-0.3, -0.25) is 4.79 Å². The summed E-state index contributed by atoms with van der Waals surface area (Å²) in [6.07, 6.45) is 2.97. The molecule has 0 unspecified atom stereocenters. The van der Waals surface area contributed by atoms with E-state index < -0.39 is 0 Å². The van der Waals surface area contributed by atoms with Crippen LogP contribution in [0.3, 0.4) is 0 Å². The molecule has 0 fully saturated rings. The molecule has 1 N–H and O–H groups in total. The van der Waals surface area contributed by atoms with Gasteiger partial charge in [-0.25, -0.2) is 4.68 Å². The van der Waals surface area contributed by atoms with Crippen LogP contribution in [0.4, 0.5) is 0 Å². The Hall–Kier alpha value is -3.66. The lowest BCUT2D eigenvalue weighted by Crippen LogP contribution is -2.25. The van der Waals surface area contributed by atoms with Gasteiger partial charge in [-0.1, -0.05) is 74.0 Å². The van der Waals surface area contributed by atoms with Crippen LogP contribution in [0.15, 0.2) is 84.9 Å². The Morgan fingerprint density at radius 1 is 0.882 bits per heavy atom. The Balaban J connectivity index is 1.42. The minimum Gasteiger partial charge on any atom is -0.352 e. The molecule has 0 atom stereocenters. The Morgan fingerprint density at radius 3 is 2.03 bits per heavy atom. The van der Waals surface area contributed by atoms with E-state index in [1.807, 2.05) is 41.1 Å². The van der Waals surface area contributed by atoms with Crippen molar-refractivity contribution in [3.05, 3.63) is 119 Å². The molecule has 4 heteroatoms. The summed E-state index contributed by atoms with van der Waals surface area (Å²) in [7, 11) is 0. The molecule has 174 valence electrons. The molecule has 34 heavy (non-hydrogen) atoms. The molecular weight excluding hydrogens is 418 g/mol. The third kappa shape index (κ3) is 5.28. The fourth-order valence-electron chi connectivity index (χ4n) is 4.62. The number of hydrogen-bond donors (Lipinski definition) is 1. The number of benzene rings is 3. The molecule has 4 nitrogen and oxygen atoms in total. The van der Waals surface area contributed by atoms with Crippen molar-refractivity contribution >= 4 is 5.91 Å². The number of nitrogens with one attached hydrogen (secondary N) is 1. The van der Waals surface area contributed by atoms with E-state index >= 15 is 0 Å². The van der Waals surface area contributed by atoms with Crippen LogP contribution in [0, 0.1) is 13.8 Å². The summed E-state index contributed by atoms with van der Waals surface area (Å²) in [6, 6.07) is 28.7. The molecule has 0 saturated heterocycles. The standard InChI is InChI=1S/C30H33N3O/c1-4-11-28-22(2)32-33(23(28)3)27-18-16-26(17-19-27)30(34)31-21-20-29(24-12-7-5-8-13-24)25-14-9-6-10-15-25/h5-10,12-19,29H,4,11,20-21H2,1-3H3,(H,31,34). The molecule has 1 heterocycles. The van der Waals surface area contributed by atoms with Crippen molar-refractivity contribution in [1.29, 1.82) is 0 Å². The first-order valence-electron chi connectivity index (χ1n) is 12.1. The van der Waals surface area contributed by atoms with E-state index in [1.54, 1.807) is 0 Å². The maximum absolute atomic E-state index is 12.8. The summed E-state index contributed by atoms with van der Waals surface area (Å²) in [5, 5.41) is 7.82. The van der Waals surface area contributed by atoms with Crippen LogP contribution in [-0.4, -0.2) is 22.2 Å². The van der Waals surface area contributed by atoms with Crippen molar-refractivity contribution in [3.8, 4) is 5.69 Å². The monoisotopic (exact) mass is 451 g/mol. The van der Waals surface area contributed by atoms with Crippen LogP contribution < -0.4 is 5.32 Å². The Bertz CT molecular complexity index is 1170. The molecule has 1 aromatic heterocycles. The summed E-state index contributed by atoms with van der Waals surface area (Å²) in [5.74, 6) is 0.194.